The predicted octanol–water partition coefficient (Wildman–Crippen LogP) is 3.02. The Labute approximate surface area is 153 Å². The minimum absolute atomic E-state index is 0.168. The summed E-state index contributed by atoms with van der Waals surface area (Å²) in [5.74, 6) is 0.162. The Morgan fingerprint density at radius 2 is 1.85 bits per heavy atom. The quantitative estimate of drug-likeness (QED) is 0.796. The summed E-state index contributed by atoms with van der Waals surface area (Å²) < 4.78 is 54.6. The van der Waals surface area contributed by atoms with E-state index >= 15 is 0 Å². The van der Waals surface area contributed by atoms with E-state index in [2.05, 4.69) is 4.98 Å². The number of halogens is 3. The van der Waals surface area contributed by atoms with Crippen molar-refractivity contribution < 1.29 is 32.2 Å². The van der Waals surface area contributed by atoms with Crippen molar-refractivity contribution in [3.63, 3.8) is 0 Å². The Bertz CT molecular complexity index is 836. The molecule has 3 rings (SSSR count). The summed E-state index contributed by atoms with van der Waals surface area (Å²) in [6, 6.07) is 6.87. The number of amides is 1. The number of pyridine rings is 1. The lowest BCUT2D eigenvalue weighted by Gasteiger charge is -2.39. The first kappa shape index (κ1) is 18.8. The van der Waals surface area contributed by atoms with Crippen LogP contribution in [0.2, 0.25) is 0 Å². The number of rotatable bonds is 5. The summed E-state index contributed by atoms with van der Waals surface area (Å²) >= 11 is 0. The van der Waals surface area contributed by atoms with Crippen molar-refractivity contribution in [1.29, 1.82) is 0 Å². The van der Waals surface area contributed by atoms with Crippen LogP contribution in [0.1, 0.15) is 15.9 Å². The average Bonchev–Trinajstić information content (AvgIpc) is 2.62. The Kier molecular flexibility index (Phi) is 5.11. The summed E-state index contributed by atoms with van der Waals surface area (Å²) in [4.78, 5) is 17.6. The van der Waals surface area contributed by atoms with Crippen LogP contribution in [-0.2, 0) is 6.18 Å². The van der Waals surface area contributed by atoms with Crippen molar-refractivity contribution in [2.45, 2.75) is 12.3 Å². The van der Waals surface area contributed by atoms with E-state index < -0.39 is 23.7 Å². The van der Waals surface area contributed by atoms with Crippen LogP contribution in [0.15, 0.2) is 36.5 Å². The van der Waals surface area contributed by atoms with Crippen molar-refractivity contribution in [3.05, 3.63) is 47.7 Å². The maximum absolute atomic E-state index is 13.0. The zero-order valence-corrected chi connectivity index (χ0v) is 14.6. The highest BCUT2D eigenvalue weighted by Crippen LogP contribution is 2.35. The van der Waals surface area contributed by atoms with Crippen LogP contribution in [0.5, 0.6) is 17.4 Å². The van der Waals surface area contributed by atoms with Crippen molar-refractivity contribution in [2.75, 3.05) is 27.3 Å². The van der Waals surface area contributed by atoms with Gasteiger partial charge in [-0.1, -0.05) is 0 Å². The standard InChI is InChI=1S/C18H17F3N2O4/c1-25-14-6-5-11(8-15(14)26-2)17(24)23-9-12(10-23)27-16-13(18(19,20)21)4-3-7-22-16/h3-8,12H,9-10H2,1-2H3. The van der Waals surface area contributed by atoms with Gasteiger partial charge in [-0.15, -0.1) is 0 Å². The second kappa shape index (κ2) is 7.34. The van der Waals surface area contributed by atoms with Gasteiger partial charge in [-0.25, -0.2) is 4.98 Å². The molecule has 0 N–H and O–H groups in total. The fourth-order valence-corrected chi connectivity index (χ4v) is 2.69. The van der Waals surface area contributed by atoms with Crippen molar-refractivity contribution in [1.82, 2.24) is 9.88 Å². The smallest absolute Gasteiger partial charge is 0.421 e. The monoisotopic (exact) mass is 382 g/mol. The third kappa shape index (κ3) is 3.91. The van der Waals surface area contributed by atoms with Gasteiger partial charge in [-0.3, -0.25) is 4.79 Å². The zero-order valence-electron chi connectivity index (χ0n) is 14.6. The summed E-state index contributed by atoms with van der Waals surface area (Å²) in [5.41, 5.74) is -0.547. The molecule has 9 heteroatoms. The molecule has 1 aliphatic heterocycles. The van der Waals surface area contributed by atoms with E-state index in [0.29, 0.717) is 17.1 Å². The molecule has 27 heavy (non-hydrogen) atoms. The van der Waals surface area contributed by atoms with Gasteiger partial charge in [-0.2, -0.15) is 13.2 Å². The number of hydrogen-bond acceptors (Lipinski definition) is 5. The fraction of sp³-hybridized carbons (Fsp3) is 0.333. The SMILES string of the molecule is COc1ccc(C(=O)N2CC(Oc3ncccc3C(F)(F)F)C2)cc1OC. The molecule has 1 saturated heterocycles. The number of nitrogens with zero attached hydrogens (tertiary/aromatic N) is 2. The molecule has 144 valence electrons. The van der Waals surface area contributed by atoms with Crippen LogP contribution < -0.4 is 14.2 Å². The number of hydrogen-bond donors (Lipinski definition) is 0. The Morgan fingerprint density at radius 3 is 2.48 bits per heavy atom. The average molecular weight is 382 g/mol. The molecule has 2 heterocycles. The molecule has 0 radical (unpaired) electrons. The number of likely N-dealkylation sites (tertiary alicyclic amines) is 1. The number of benzene rings is 1. The van der Waals surface area contributed by atoms with Crippen molar-refractivity contribution in [3.8, 4) is 17.4 Å². The predicted molar refractivity (Wildman–Crippen MR) is 89.1 cm³/mol. The fourth-order valence-electron chi connectivity index (χ4n) is 2.69. The van der Waals surface area contributed by atoms with Gasteiger partial charge in [0, 0.05) is 11.8 Å². The molecule has 0 unspecified atom stereocenters. The van der Waals surface area contributed by atoms with Crippen molar-refractivity contribution in [2.24, 2.45) is 0 Å². The molecule has 6 nitrogen and oxygen atoms in total. The minimum atomic E-state index is -4.55. The largest absolute Gasteiger partial charge is 0.493 e. The van der Waals surface area contributed by atoms with Gasteiger partial charge in [-0.05, 0) is 30.3 Å². The maximum Gasteiger partial charge on any atom is 0.421 e. The molecule has 1 fully saturated rings. The number of ether oxygens (including phenoxy) is 3. The Morgan fingerprint density at radius 1 is 1.15 bits per heavy atom. The highest BCUT2D eigenvalue weighted by Gasteiger charge is 2.38. The number of alkyl halides is 3. The highest BCUT2D eigenvalue weighted by atomic mass is 19.4. The second-order valence-corrected chi connectivity index (χ2v) is 5.87. The number of carbonyl (C=O) groups is 1. The molecule has 0 spiro atoms. The molecule has 1 amide bonds. The summed E-state index contributed by atoms with van der Waals surface area (Å²) in [6.07, 6.45) is -3.87. The second-order valence-electron chi connectivity index (χ2n) is 5.87. The lowest BCUT2D eigenvalue weighted by molar-refractivity contribution is -0.140. The minimum Gasteiger partial charge on any atom is -0.493 e. The molecule has 2 aromatic rings. The molecule has 0 aliphatic carbocycles. The van der Waals surface area contributed by atoms with Crippen molar-refractivity contribution >= 4 is 5.91 Å². The third-order valence-corrected chi connectivity index (χ3v) is 4.12. The van der Waals surface area contributed by atoms with Gasteiger partial charge in [0.05, 0.1) is 27.3 Å². The zero-order chi connectivity index (χ0) is 19.6. The van der Waals surface area contributed by atoms with Crippen LogP contribution >= 0.6 is 0 Å². The molecular formula is C18H17F3N2O4. The Balaban J connectivity index is 1.64. The van der Waals surface area contributed by atoms with E-state index in [-0.39, 0.29) is 19.0 Å². The van der Waals surface area contributed by atoms with E-state index in [1.165, 1.54) is 31.4 Å². The van der Waals surface area contributed by atoms with Gasteiger partial charge in [0.25, 0.3) is 5.91 Å². The number of methoxy groups -OCH3 is 2. The van der Waals surface area contributed by atoms with Gasteiger partial charge >= 0.3 is 6.18 Å². The lowest BCUT2D eigenvalue weighted by atomic mass is 10.1. The van der Waals surface area contributed by atoms with Crippen LogP contribution in [0.4, 0.5) is 13.2 Å². The third-order valence-electron chi connectivity index (χ3n) is 4.12. The maximum atomic E-state index is 13.0. The van der Waals surface area contributed by atoms with E-state index in [1.54, 1.807) is 18.2 Å². The topological polar surface area (TPSA) is 60.9 Å². The van der Waals surface area contributed by atoms with Gasteiger partial charge in [0.2, 0.25) is 5.88 Å². The number of aromatic nitrogens is 1. The molecule has 0 saturated carbocycles. The van der Waals surface area contributed by atoms with E-state index in [1.807, 2.05) is 0 Å². The number of carbonyl (C=O) groups excluding carboxylic acids is 1. The van der Waals surface area contributed by atoms with Crippen LogP contribution in [0.25, 0.3) is 0 Å². The molecule has 1 aromatic heterocycles. The van der Waals surface area contributed by atoms with Crippen LogP contribution in [0.3, 0.4) is 0 Å². The molecule has 0 atom stereocenters. The Hall–Kier alpha value is -2.97. The summed E-state index contributed by atoms with van der Waals surface area (Å²) in [7, 11) is 2.95. The summed E-state index contributed by atoms with van der Waals surface area (Å²) in [5, 5.41) is 0. The molecule has 1 aromatic carbocycles. The normalized spacial score (nSPS) is 14.5. The first-order valence-electron chi connectivity index (χ1n) is 8.03. The van der Waals surface area contributed by atoms with E-state index in [4.69, 9.17) is 14.2 Å². The molecule has 0 bridgehead atoms. The van der Waals surface area contributed by atoms with Crippen LogP contribution in [0, 0.1) is 0 Å². The van der Waals surface area contributed by atoms with E-state index in [0.717, 1.165) is 6.07 Å². The highest BCUT2D eigenvalue weighted by molar-refractivity contribution is 5.95. The lowest BCUT2D eigenvalue weighted by Crippen LogP contribution is -2.56. The van der Waals surface area contributed by atoms with Gasteiger partial charge < -0.3 is 19.1 Å². The summed E-state index contributed by atoms with van der Waals surface area (Å²) in [6.45, 7) is 0.335. The van der Waals surface area contributed by atoms with Crippen LogP contribution in [-0.4, -0.2) is 49.2 Å². The molecular weight excluding hydrogens is 365 g/mol. The first-order valence-corrected chi connectivity index (χ1v) is 8.03. The molecule has 1 aliphatic rings. The van der Waals surface area contributed by atoms with Gasteiger partial charge in [0.1, 0.15) is 11.7 Å². The first-order chi connectivity index (χ1) is 12.8. The van der Waals surface area contributed by atoms with Gasteiger partial charge in [0.15, 0.2) is 11.5 Å². The van der Waals surface area contributed by atoms with E-state index in [9.17, 15) is 18.0 Å².